The summed E-state index contributed by atoms with van der Waals surface area (Å²) in [6.45, 7) is 2.29. The van der Waals surface area contributed by atoms with Crippen LogP contribution in [0.1, 0.15) is 32.1 Å². The van der Waals surface area contributed by atoms with Gasteiger partial charge >= 0.3 is 0 Å². The maximum Gasteiger partial charge on any atom is 0.138 e. The van der Waals surface area contributed by atoms with Gasteiger partial charge < -0.3 is 10.2 Å². The van der Waals surface area contributed by atoms with Crippen molar-refractivity contribution in [2.24, 2.45) is 0 Å². The summed E-state index contributed by atoms with van der Waals surface area (Å²) in [7, 11) is 0. The number of fused-ring (bicyclic) bond motifs is 1. The van der Waals surface area contributed by atoms with E-state index in [2.05, 4.69) is 34.5 Å². The van der Waals surface area contributed by atoms with Gasteiger partial charge in [-0.15, -0.1) is 0 Å². The minimum absolute atomic E-state index is 0.676. The second-order valence-electron chi connectivity index (χ2n) is 6.00. The minimum Gasteiger partial charge on any atom is -0.382 e. The number of hydrogen-bond donors (Lipinski definition) is 1. The number of rotatable bonds is 3. The highest BCUT2D eigenvalue weighted by molar-refractivity contribution is 6.02. The molecule has 0 radical (unpaired) electrons. The van der Waals surface area contributed by atoms with Crippen LogP contribution in [0, 0.1) is 0 Å². The molecule has 2 aliphatic rings. The Morgan fingerprint density at radius 1 is 1.05 bits per heavy atom. The summed E-state index contributed by atoms with van der Waals surface area (Å²) in [6, 6.07) is 9.35. The molecule has 4 rings (SSSR count). The van der Waals surface area contributed by atoms with Crippen LogP contribution in [0.5, 0.6) is 0 Å². The Balaban J connectivity index is 1.81. The van der Waals surface area contributed by atoms with E-state index < -0.39 is 0 Å². The van der Waals surface area contributed by atoms with Crippen molar-refractivity contribution >= 4 is 22.3 Å². The zero-order chi connectivity index (χ0) is 13.4. The number of nitrogens with one attached hydrogen (secondary N) is 1. The molecule has 104 valence electrons. The van der Waals surface area contributed by atoms with Gasteiger partial charge in [0.05, 0.1) is 0 Å². The normalized spacial score (nSPS) is 19.3. The topological polar surface area (TPSA) is 28.2 Å². The molecule has 0 unspecified atom stereocenters. The van der Waals surface area contributed by atoms with Crippen LogP contribution in [-0.2, 0) is 0 Å². The van der Waals surface area contributed by atoms with Crippen molar-refractivity contribution in [1.29, 1.82) is 0 Å². The van der Waals surface area contributed by atoms with E-state index in [4.69, 9.17) is 4.98 Å². The molecule has 3 heteroatoms. The summed E-state index contributed by atoms with van der Waals surface area (Å²) in [5, 5.41) is 6.28. The molecule has 1 saturated carbocycles. The lowest BCUT2D eigenvalue weighted by molar-refractivity contribution is 0.575. The Hall–Kier alpha value is -1.77. The van der Waals surface area contributed by atoms with Crippen LogP contribution in [-0.4, -0.2) is 24.1 Å². The maximum atomic E-state index is 4.70. The first kappa shape index (κ1) is 12.0. The fraction of sp³-hybridized carbons (Fsp3) is 0.471. The Morgan fingerprint density at radius 3 is 2.70 bits per heavy atom. The number of aromatic nitrogens is 1. The van der Waals surface area contributed by atoms with Crippen LogP contribution >= 0.6 is 0 Å². The highest BCUT2D eigenvalue weighted by Crippen LogP contribution is 2.35. The third-order valence-corrected chi connectivity index (χ3v) is 4.36. The molecule has 1 saturated heterocycles. The van der Waals surface area contributed by atoms with Crippen molar-refractivity contribution in [3.05, 3.63) is 30.5 Å². The van der Waals surface area contributed by atoms with E-state index in [9.17, 15) is 0 Å². The first-order valence-corrected chi connectivity index (χ1v) is 7.81. The number of hydrogen-bond acceptors (Lipinski definition) is 3. The molecule has 0 spiro atoms. The van der Waals surface area contributed by atoms with Gasteiger partial charge in [0, 0.05) is 36.4 Å². The molecule has 1 N–H and O–H groups in total. The Bertz CT molecular complexity index is 607. The zero-order valence-corrected chi connectivity index (χ0v) is 11.8. The quantitative estimate of drug-likeness (QED) is 0.916. The molecule has 1 aliphatic heterocycles. The van der Waals surface area contributed by atoms with Gasteiger partial charge in [0.25, 0.3) is 0 Å². The van der Waals surface area contributed by atoms with Crippen LogP contribution in [0.4, 0.5) is 11.5 Å². The van der Waals surface area contributed by atoms with E-state index in [1.54, 1.807) is 0 Å². The monoisotopic (exact) mass is 267 g/mol. The average Bonchev–Trinajstić information content (AvgIpc) is 3.32. The van der Waals surface area contributed by atoms with Crippen LogP contribution in [0.15, 0.2) is 30.5 Å². The number of anilines is 2. The number of benzene rings is 1. The lowest BCUT2D eigenvalue weighted by atomic mass is 10.1. The van der Waals surface area contributed by atoms with E-state index in [1.807, 2.05) is 6.20 Å². The van der Waals surface area contributed by atoms with Crippen molar-refractivity contribution in [2.45, 2.75) is 38.1 Å². The van der Waals surface area contributed by atoms with Crippen LogP contribution in [0.25, 0.3) is 10.8 Å². The lowest BCUT2D eigenvalue weighted by Gasteiger charge is -2.29. The fourth-order valence-electron chi connectivity index (χ4n) is 3.12. The Labute approximate surface area is 120 Å². The van der Waals surface area contributed by atoms with E-state index in [-0.39, 0.29) is 0 Å². The van der Waals surface area contributed by atoms with Crippen molar-refractivity contribution < 1.29 is 0 Å². The first-order chi connectivity index (χ1) is 9.92. The van der Waals surface area contributed by atoms with Gasteiger partial charge in [-0.2, -0.15) is 0 Å². The molecule has 2 aromatic rings. The van der Waals surface area contributed by atoms with Crippen molar-refractivity contribution in [3.63, 3.8) is 0 Å². The summed E-state index contributed by atoms with van der Waals surface area (Å²) < 4.78 is 0. The zero-order valence-electron chi connectivity index (χ0n) is 11.8. The predicted molar refractivity (Wildman–Crippen MR) is 84.5 cm³/mol. The summed E-state index contributed by atoms with van der Waals surface area (Å²) in [5.74, 6) is 1.17. The number of pyridine rings is 1. The molecule has 0 atom stereocenters. The third-order valence-electron chi connectivity index (χ3n) is 4.36. The van der Waals surface area contributed by atoms with Gasteiger partial charge in [0.15, 0.2) is 0 Å². The molecule has 20 heavy (non-hydrogen) atoms. The van der Waals surface area contributed by atoms with Crippen molar-refractivity contribution in [1.82, 2.24) is 4.98 Å². The molecule has 0 bridgehead atoms. The van der Waals surface area contributed by atoms with E-state index in [0.29, 0.717) is 6.04 Å². The first-order valence-electron chi connectivity index (χ1n) is 7.81. The molecule has 0 amide bonds. The molecular weight excluding hydrogens is 246 g/mol. The third kappa shape index (κ3) is 2.21. The highest BCUT2D eigenvalue weighted by atomic mass is 15.2. The van der Waals surface area contributed by atoms with Crippen molar-refractivity contribution in [3.8, 4) is 0 Å². The van der Waals surface area contributed by atoms with E-state index in [1.165, 1.54) is 54.4 Å². The summed E-state index contributed by atoms with van der Waals surface area (Å²) in [6.07, 6.45) is 8.49. The average molecular weight is 267 g/mol. The second-order valence-corrected chi connectivity index (χ2v) is 6.00. The van der Waals surface area contributed by atoms with Crippen LogP contribution in [0.3, 0.4) is 0 Å². The molecule has 1 aromatic heterocycles. The molecule has 2 fully saturated rings. The number of piperidine rings is 1. The van der Waals surface area contributed by atoms with E-state index >= 15 is 0 Å². The minimum atomic E-state index is 0.676. The van der Waals surface area contributed by atoms with Gasteiger partial charge in [-0.3, -0.25) is 0 Å². The van der Waals surface area contributed by atoms with Gasteiger partial charge in [-0.25, -0.2) is 4.98 Å². The fourth-order valence-corrected chi connectivity index (χ4v) is 3.12. The molecular formula is C17H21N3. The molecule has 1 aliphatic carbocycles. The molecule has 2 heterocycles. The van der Waals surface area contributed by atoms with Gasteiger partial charge in [0.2, 0.25) is 0 Å². The lowest BCUT2D eigenvalue weighted by Crippen LogP contribution is -2.30. The molecule has 3 nitrogen and oxygen atoms in total. The van der Waals surface area contributed by atoms with Crippen LogP contribution < -0.4 is 10.2 Å². The summed E-state index contributed by atoms with van der Waals surface area (Å²) in [4.78, 5) is 7.17. The van der Waals surface area contributed by atoms with E-state index in [0.717, 1.165) is 13.1 Å². The highest BCUT2D eigenvalue weighted by Gasteiger charge is 2.23. The van der Waals surface area contributed by atoms with Gasteiger partial charge in [0.1, 0.15) is 5.82 Å². The largest absolute Gasteiger partial charge is 0.382 e. The standard InChI is InChI=1S/C17H21N3/c1-2-11-20(12-3-1)17-16-13(9-10-18-17)5-4-6-15(16)19-14-7-8-14/h4-6,9-10,14,19H,1-3,7-8,11-12H2. The Kier molecular flexibility index (Phi) is 2.98. The summed E-state index contributed by atoms with van der Waals surface area (Å²) in [5.41, 5.74) is 1.26. The van der Waals surface area contributed by atoms with Crippen molar-refractivity contribution in [2.75, 3.05) is 23.3 Å². The van der Waals surface area contributed by atoms with Gasteiger partial charge in [-0.05, 0) is 49.6 Å². The molecule has 1 aromatic carbocycles. The maximum absolute atomic E-state index is 4.70. The number of nitrogens with zero attached hydrogens (tertiary/aromatic N) is 2. The Morgan fingerprint density at radius 2 is 1.90 bits per heavy atom. The predicted octanol–water partition coefficient (Wildman–Crippen LogP) is 3.80. The SMILES string of the molecule is c1cc(NC2CC2)c2c(N3CCCCC3)nccc2c1. The van der Waals surface area contributed by atoms with Crippen LogP contribution in [0.2, 0.25) is 0 Å². The summed E-state index contributed by atoms with van der Waals surface area (Å²) >= 11 is 0. The second kappa shape index (κ2) is 4.97. The van der Waals surface area contributed by atoms with Gasteiger partial charge in [-0.1, -0.05) is 12.1 Å². The smallest absolute Gasteiger partial charge is 0.138 e.